The van der Waals surface area contributed by atoms with Crippen molar-refractivity contribution in [1.82, 2.24) is 14.6 Å². The van der Waals surface area contributed by atoms with Gasteiger partial charge in [0.15, 0.2) is 0 Å². The minimum Gasteiger partial charge on any atom is -0.465 e. The second-order valence-corrected chi connectivity index (χ2v) is 9.08. The minimum atomic E-state index is -0.360. The summed E-state index contributed by atoms with van der Waals surface area (Å²) in [6.07, 6.45) is 2.85. The van der Waals surface area contributed by atoms with E-state index >= 15 is 0 Å². The number of ether oxygens (including phenoxy) is 1. The molecule has 0 saturated carbocycles. The molecule has 1 aliphatic heterocycles. The summed E-state index contributed by atoms with van der Waals surface area (Å²) >= 11 is 0. The number of carbonyl (C=O) groups is 1. The van der Waals surface area contributed by atoms with E-state index in [0.717, 1.165) is 52.1 Å². The van der Waals surface area contributed by atoms with Gasteiger partial charge in [-0.15, -0.1) is 0 Å². The molecule has 0 fully saturated rings. The molecule has 0 atom stereocenters. The number of para-hydroxylation sites is 2. The molecule has 3 aromatic carbocycles. The molecule has 0 amide bonds. The van der Waals surface area contributed by atoms with Gasteiger partial charge in [0.25, 0.3) is 0 Å². The summed E-state index contributed by atoms with van der Waals surface area (Å²) in [6.45, 7) is 7.45. The lowest BCUT2D eigenvalue weighted by Crippen LogP contribution is -2.23. The molecule has 7 nitrogen and oxygen atoms in total. The molecule has 2 heterocycles. The Hall–Kier alpha value is -4.65. The molecule has 4 aromatic rings. The number of aryl methyl sites for hydroxylation is 2. The zero-order valence-corrected chi connectivity index (χ0v) is 21.0. The molecular formula is C30H29N5O2. The van der Waals surface area contributed by atoms with Gasteiger partial charge in [-0.05, 0) is 66.5 Å². The Kier molecular flexibility index (Phi) is 6.60. The Labute approximate surface area is 216 Å². The number of nitrogens with two attached hydrogens (primary N) is 1. The number of nitrogen functional groups attached to an aromatic ring is 1. The van der Waals surface area contributed by atoms with Gasteiger partial charge in [0, 0.05) is 12.1 Å². The number of fused-ring (bicyclic) bond motifs is 1. The van der Waals surface area contributed by atoms with Crippen LogP contribution < -0.4 is 5.73 Å². The number of allylic oxidation sites excluding steroid dienone is 2. The molecule has 37 heavy (non-hydrogen) atoms. The van der Waals surface area contributed by atoms with Crippen LogP contribution in [0.25, 0.3) is 11.0 Å². The minimum absolute atomic E-state index is 0.360. The standard InChI is InChI=1S/C30H29N5O2/c1-20-16-21(2)35(19-23-9-7-11-25(18-23)29(36)37-3)33-28(20)24-10-6-8-22(17-24)14-15-34-27-13-5-4-12-26(27)32-30(34)31/h4-13,16-18H,2,14-15,19H2,1,3H3,(H2,31,32). The van der Waals surface area contributed by atoms with E-state index < -0.39 is 0 Å². The van der Waals surface area contributed by atoms with Crippen LogP contribution in [0.4, 0.5) is 5.95 Å². The van der Waals surface area contributed by atoms with Crippen molar-refractivity contribution in [1.29, 1.82) is 0 Å². The molecule has 1 aliphatic rings. The summed E-state index contributed by atoms with van der Waals surface area (Å²) in [4.78, 5) is 16.4. The highest BCUT2D eigenvalue weighted by Crippen LogP contribution is 2.24. The fourth-order valence-corrected chi connectivity index (χ4v) is 4.61. The van der Waals surface area contributed by atoms with Crippen LogP contribution in [-0.2, 0) is 24.2 Å². The third kappa shape index (κ3) is 5.02. The van der Waals surface area contributed by atoms with Crippen LogP contribution in [0.5, 0.6) is 0 Å². The molecule has 2 N–H and O–H groups in total. The molecule has 0 radical (unpaired) electrons. The Bertz CT molecular complexity index is 1560. The van der Waals surface area contributed by atoms with Crippen molar-refractivity contribution in [2.24, 2.45) is 5.10 Å². The lowest BCUT2D eigenvalue weighted by Gasteiger charge is -2.26. The van der Waals surface area contributed by atoms with E-state index in [0.29, 0.717) is 18.1 Å². The van der Waals surface area contributed by atoms with Crippen molar-refractivity contribution < 1.29 is 9.53 Å². The third-order valence-electron chi connectivity index (χ3n) is 6.50. The Morgan fingerprint density at radius 1 is 1.03 bits per heavy atom. The van der Waals surface area contributed by atoms with Crippen LogP contribution >= 0.6 is 0 Å². The first kappa shape index (κ1) is 24.1. The predicted molar refractivity (Wildman–Crippen MR) is 147 cm³/mol. The molecule has 1 aromatic heterocycles. The molecule has 5 rings (SSSR count). The number of anilines is 1. The van der Waals surface area contributed by atoms with Crippen LogP contribution in [0.1, 0.15) is 34.0 Å². The number of hydrogen-bond acceptors (Lipinski definition) is 6. The monoisotopic (exact) mass is 491 g/mol. The number of hydrazone groups is 1. The maximum atomic E-state index is 11.9. The summed E-state index contributed by atoms with van der Waals surface area (Å²) in [6, 6.07) is 23.8. The van der Waals surface area contributed by atoms with E-state index in [-0.39, 0.29) is 5.97 Å². The fourth-order valence-electron chi connectivity index (χ4n) is 4.61. The second kappa shape index (κ2) is 10.1. The number of imidazole rings is 1. The van der Waals surface area contributed by atoms with Gasteiger partial charge in [0.1, 0.15) is 0 Å². The largest absolute Gasteiger partial charge is 0.465 e. The van der Waals surface area contributed by atoms with Gasteiger partial charge in [-0.2, -0.15) is 5.10 Å². The van der Waals surface area contributed by atoms with Crippen molar-refractivity contribution in [3.05, 3.63) is 119 Å². The number of esters is 1. The number of rotatable bonds is 7. The molecular weight excluding hydrogens is 462 g/mol. The van der Waals surface area contributed by atoms with Crippen LogP contribution in [0.2, 0.25) is 0 Å². The maximum absolute atomic E-state index is 11.9. The van der Waals surface area contributed by atoms with Crippen LogP contribution in [0, 0.1) is 0 Å². The molecule has 186 valence electrons. The highest BCUT2D eigenvalue weighted by atomic mass is 16.5. The van der Waals surface area contributed by atoms with Gasteiger partial charge in [-0.3, -0.25) is 5.01 Å². The van der Waals surface area contributed by atoms with Gasteiger partial charge < -0.3 is 15.0 Å². The van der Waals surface area contributed by atoms with E-state index in [9.17, 15) is 4.79 Å². The second-order valence-electron chi connectivity index (χ2n) is 9.08. The highest BCUT2D eigenvalue weighted by molar-refractivity contribution is 6.13. The van der Waals surface area contributed by atoms with Gasteiger partial charge >= 0.3 is 5.97 Å². The fraction of sp³-hybridized carbons (Fsp3) is 0.167. The molecule has 0 spiro atoms. The number of aromatic nitrogens is 2. The molecule has 0 saturated heterocycles. The van der Waals surface area contributed by atoms with Gasteiger partial charge in [0.2, 0.25) is 5.95 Å². The number of benzene rings is 3. The number of hydrogen-bond donors (Lipinski definition) is 1. The summed E-state index contributed by atoms with van der Waals surface area (Å²) in [5.41, 5.74) is 14.6. The average Bonchev–Trinajstić information content (AvgIpc) is 3.23. The van der Waals surface area contributed by atoms with E-state index in [2.05, 4.69) is 40.4 Å². The van der Waals surface area contributed by atoms with Gasteiger partial charge in [0.05, 0.1) is 41.7 Å². The first-order valence-corrected chi connectivity index (χ1v) is 12.1. The summed E-state index contributed by atoms with van der Waals surface area (Å²) < 4.78 is 6.91. The van der Waals surface area contributed by atoms with Crippen molar-refractivity contribution >= 4 is 28.7 Å². The molecule has 7 heteroatoms. The summed E-state index contributed by atoms with van der Waals surface area (Å²) in [7, 11) is 1.38. The molecule has 0 bridgehead atoms. The van der Waals surface area contributed by atoms with E-state index in [1.54, 1.807) is 6.07 Å². The lowest BCUT2D eigenvalue weighted by molar-refractivity contribution is 0.0600. The predicted octanol–water partition coefficient (Wildman–Crippen LogP) is 5.33. The van der Waals surface area contributed by atoms with Crippen LogP contribution in [-0.4, -0.2) is 33.4 Å². The van der Waals surface area contributed by atoms with E-state index in [1.807, 2.05) is 60.5 Å². The van der Waals surface area contributed by atoms with Gasteiger partial charge in [-0.25, -0.2) is 9.78 Å². The SMILES string of the molecule is C=C1C=C(C)C(c2cccc(CCn3c(N)nc4ccccc43)c2)=NN1Cc1cccc(C(=O)OC)c1. The van der Waals surface area contributed by atoms with E-state index in [4.69, 9.17) is 15.6 Å². The van der Waals surface area contributed by atoms with Crippen LogP contribution in [0.15, 0.2) is 102 Å². The van der Waals surface area contributed by atoms with Crippen LogP contribution in [0.3, 0.4) is 0 Å². The zero-order chi connectivity index (χ0) is 25.9. The molecule has 0 aliphatic carbocycles. The number of carbonyl (C=O) groups excluding carboxylic acids is 1. The molecule has 0 unspecified atom stereocenters. The highest BCUT2D eigenvalue weighted by Gasteiger charge is 2.18. The normalized spacial score (nSPS) is 13.5. The van der Waals surface area contributed by atoms with E-state index in [1.165, 1.54) is 12.7 Å². The number of methoxy groups -OCH3 is 1. The van der Waals surface area contributed by atoms with Crippen molar-refractivity contribution in [2.45, 2.75) is 26.4 Å². The topological polar surface area (TPSA) is 85.7 Å². The first-order chi connectivity index (χ1) is 17.9. The summed E-state index contributed by atoms with van der Waals surface area (Å²) in [5, 5.41) is 6.81. The third-order valence-corrected chi connectivity index (χ3v) is 6.50. The quantitative estimate of drug-likeness (QED) is 0.353. The lowest BCUT2D eigenvalue weighted by atomic mass is 9.98. The van der Waals surface area contributed by atoms with Crippen molar-refractivity contribution in [3.8, 4) is 0 Å². The number of nitrogens with zero attached hydrogens (tertiary/aromatic N) is 4. The maximum Gasteiger partial charge on any atom is 0.337 e. The Morgan fingerprint density at radius 3 is 2.65 bits per heavy atom. The van der Waals surface area contributed by atoms with Gasteiger partial charge in [-0.1, -0.05) is 49.0 Å². The smallest absolute Gasteiger partial charge is 0.337 e. The van der Waals surface area contributed by atoms with Crippen molar-refractivity contribution in [2.75, 3.05) is 12.8 Å². The Balaban J connectivity index is 1.37. The zero-order valence-electron chi connectivity index (χ0n) is 21.0. The van der Waals surface area contributed by atoms with Crippen molar-refractivity contribution in [3.63, 3.8) is 0 Å². The Morgan fingerprint density at radius 2 is 1.81 bits per heavy atom. The summed E-state index contributed by atoms with van der Waals surface area (Å²) in [5.74, 6) is 0.166. The average molecular weight is 492 g/mol. The first-order valence-electron chi connectivity index (χ1n) is 12.1.